The highest BCUT2D eigenvalue weighted by Gasteiger charge is 2.17. The van der Waals surface area contributed by atoms with Crippen LogP contribution in [0, 0.1) is 0 Å². The quantitative estimate of drug-likeness (QED) is 0.163. The molecule has 8 rings (SSSR count). The van der Waals surface area contributed by atoms with E-state index in [1.807, 2.05) is 23.6 Å². The molecule has 0 fully saturated rings. The van der Waals surface area contributed by atoms with E-state index in [4.69, 9.17) is 17.6 Å². The Balaban J connectivity index is 1.33. The van der Waals surface area contributed by atoms with Gasteiger partial charge in [-0.25, -0.2) is 0 Å². The molecule has 0 radical (unpaired) electrons. The van der Waals surface area contributed by atoms with Crippen molar-refractivity contribution in [2.24, 2.45) is 0 Å². The molecule has 3 heteroatoms. The molecule has 2 aromatic heterocycles. The van der Waals surface area contributed by atoms with Crippen molar-refractivity contribution >= 4 is 65.8 Å². The van der Waals surface area contributed by atoms with Gasteiger partial charge in [-0.3, -0.25) is 4.98 Å². The third kappa shape index (κ3) is 4.04. The molecule has 0 N–H and O–H groups in total. The van der Waals surface area contributed by atoms with Gasteiger partial charge >= 0.3 is 0 Å². The largest absolute Gasteiger partial charge is 0.256 e. The normalized spacial score (nSPS) is 12.4. The number of pyridine rings is 1. The van der Waals surface area contributed by atoms with E-state index >= 15 is 0 Å². The first-order valence-corrected chi connectivity index (χ1v) is 15.6. The molecule has 42 heavy (non-hydrogen) atoms. The number of fused-ring (bicyclic) bond motifs is 6. The number of hydrogen-bond acceptors (Lipinski definition) is 3. The zero-order chi connectivity index (χ0) is 28.2. The van der Waals surface area contributed by atoms with E-state index in [0.717, 1.165) is 10.9 Å². The van der Waals surface area contributed by atoms with E-state index < -0.39 is 0 Å². The summed E-state index contributed by atoms with van der Waals surface area (Å²) in [6, 6.07) is 46.1. The molecule has 0 spiro atoms. The second kappa shape index (κ2) is 10.1. The van der Waals surface area contributed by atoms with Crippen molar-refractivity contribution in [3.63, 3.8) is 0 Å². The maximum Gasteiger partial charge on any atom is 0.0786 e. The molecule has 8 aromatic rings. The maximum atomic E-state index is 4.80. The lowest BCUT2D eigenvalue weighted by molar-refractivity contribution is 1.11. The second-order valence-electron chi connectivity index (χ2n) is 10.9. The molecule has 0 aliphatic heterocycles. The number of nitrogens with zero attached hydrogens (tertiary/aromatic N) is 1. The monoisotopic (exact) mass is 573 g/mol. The number of benzene rings is 6. The van der Waals surface area contributed by atoms with Crippen LogP contribution in [-0.4, -0.2) is 4.98 Å². The first-order valence-electron chi connectivity index (χ1n) is 14.3. The maximum absolute atomic E-state index is 4.80. The van der Waals surface area contributed by atoms with Gasteiger partial charge in [0.05, 0.1) is 5.52 Å². The van der Waals surface area contributed by atoms with Crippen LogP contribution in [0.5, 0.6) is 0 Å². The smallest absolute Gasteiger partial charge is 0.0786 e. The van der Waals surface area contributed by atoms with Gasteiger partial charge in [0, 0.05) is 42.4 Å². The topological polar surface area (TPSA) is 12.9 Å². The van der Waals surface area contributed by atoms with E-state index in [-0.39, 0.29) is 5.25 Å². The lowest BCUT2D eigenvalue weighted by Gasteiger charge is -2.13. The highest BCUT2D eigenvalue weighted by molar-refractivity contribution is 7.80. The molecule has 0 amide bonds. The van der Waals surface area contributed by atoms with Gasteiger partial charge in [-0.15, -0.1) is 11.3 Å². The van der Waals surface area contributed by atoms with Crippen molar-refractivity contribution < 1.29 is 0 Å². The van der Waals surface area contributed by atoms with Crippen molar-refractivity contribution in [2.45, 2.75) is 12.2 Å². The van der Waals surface area contributed by atoms with Gasteiger partial charge in [-0.05, 0) is 63.4 Å². The minimum Gasteiger partial charge on any atom is -0.256 e. The van der Waals surface area contributed by atoms with Gasteiger partial charge < -0.3 is 0 Å². The van der Waals surface area contributed by atoms with Crippen molar-refractivity contribution in [3.8, 4) is 33.4 Å². The predicted octanol–water partition coefficient (Wildman–Crippen LogP) is 11.7. The fourth-order valence-electron chi connectivity index (χ4n) is 6.38. The fraction of sp³-hybridized carbons (Fsp3) is 0.0513. The lowest BCUT2D eigenvalue weighted by atomic mass is 9.93. The van der Waals surface area contributed by atoms with E-state index in [2.05, 4.69) is 128 Å². The fourth-order valence-corrected chi connectivity index (χ4v) is 7.96. The van der Waals surface area contributed by atoms with Crippen LogP contribution >= 0.6 is 24.0 Å². The number of rotatable bonds is 4. The minimum atomic E-state index is 0.158. The van der Waals surface area contributed by atoms with Gasteiger partial charge in [-0.1, -0.05) is 115 Å². The molecule has 1 atom stereocenters. The van der Waals surface area contributed by atoms with Crippen LogP contribution in [-0.2, 0) is 0 Å². The number of aromatic nitrogens is 1. The molecule has 0 bridgehead atoms. The Hall–Kier alpha value is -4.44. The summed E-state index contributed by atoms with van der Waals surface area (Å²) in [5.41, 5.74) is 9.74. The summed E-state index contributed by atoms with van der Waals surface area (Å²) in [6.45, 7) is 2.15. The molecule has 0 unspecified atom stereocenters. The van der Waals surface area contributed by atoms with Gasteiger partial charge in [0.25, 0.3) is 0 Å². The van der Waals surface area contributed by atoms with Gasteiger partial charge in [0.15, 0.2) is 0 Å². The van der Waals surface area contributed by atoms with E-state index in [9.17, 15) is 0 Å². The molecule has 0 aliphatic rings. The van der Waals surface area contributed by atoms with Gasteiger partial charge in [0.1, 0.15) is 0 Å². The summed E-state index contributed by atoms with van der Waals surface area (Å²) in [7, 11) is 0. The van der Waals surface area contributed by atoms with E-state index in [0.29, 0.717) is 0 Å². The zero-order valence-corrected chi connectivity index (χ0v) is 24.8. The summed E-state index contributed by atoms with van der Waals surface area (Å²) >= 11 is 6.69. The Kier molecular flexibility index (Phi) is 6.10. The Morgan fingerprint density at radius 2 is 1.19 bits per heavy atom. The van der Waals surface area contributed by atoms with Crippen LogP contribution in [0.3, 0.4) is 0 Å². The van der Waals surface area contributed by atoms with Gasteiger partial charge in [0.2, 0.25) is 0 Å². The summed E-state index contributed by atoms with van der Waals surface area (Å²) in [6.07, 6.45) is 1.89. The third-order valence-electron chi connectivity index (χ3n) is 8.32. The van der Waals surface area contributed by atoms with Crippen LogP contribution in [0.4, 0.5) is 0 Å². The molecule has 0 saturated heterocycles. The van der Waals surface area contributed by atoms with E-state index in [1.54, 1.807) is 0 Å². The van der Waals surface area contributed by atoms with Crippen molar-refractivity contribution in [1.29, 1.82) is 0 Å². The Labute approximate surface area is 254 Å². The second-order valence-corrected chi connectivity index (χ2v) is 12.7. The minimum absolute atomic E-state index is 0.158. The highest BCUT2D eigenvalue weighted by atomic mass is 32.1. The molecule has 0 saturated carbocycles. The molecular formula is C39H27NS2. The first-order chi connectivity index (χ1) is 20.7. The van der Waals surface area contributed by atoms with Crippen molar-refractivity contribution in [3.05, 3.63) is 139 Å². The third-order valence-corrected chi connectivity index (χ3v) is 9.89. The van der Waals surface area contributed by atoms with E-state index in [1.165, 1.54) is 69.9 Å². The number of hydrogen-bond donors (Lipinski definition) is 1. The van der Waals surface area contributed by atoms with Crippen LogP contribution in [0.2, 0.25) is 0 Å². The first kappa shape index (κ1) is 25.3. The summed E-state index contributed by atoms with van der Waals surface area (Å²) < 4.78 is 2.64. The zero-order valence-electron chi connectivity index (χ0n) is 23.1. The standard InChI is InChI=1S/C39H27NS2/c1-24(41)29-13-2-3-14-32(29)33-17-7-19-35-34-18-6-16-31(38(34)42-39(33)35)28-11-4-10-27(23-28)30-15-5-9-25-20-21-26-12-8-22-40-37(26)36(25)30/h2-24,41H,1H3/t24-/m1/s1. The molecule has 2 heterocycles. The molecule has 6 aromatic carbocycles. The Bertz CT molecular complexity index is 2290. The number of thiol groups is 1. The molecular weight excluding hydrogens is 547 g/mol. The SMILES string of the molecule is C[C@@H](S)c1ccccc1-c1cccc2c1sc1c(-c3cccc(-c4cccc5ccc6cccnc6c45)c3)cccc12. The number of thiophene rings is 1. The van der Waals surface area contributed by atoms with Crippen molar-refractivity contribution in [1.82, 2.24) is 4.98 Å². The summed E-state index contributed by atoms with van der Waals surface area (Å²) in [5.74, 6) is 0. The average molecular weight is 574 g/mol. The summed E-state index contributed by atoms with van der Waals surface area (Å²) in [4.78, 5) is 4.79. The molecule has 1 nitrogen and oxygen atoms in total. The van der Waals surface area contributed by atoms with Crippen LogP contribution in [0.1, 0.15) is 17.7 Å². The van der Waals surface area contributed by atoms with Crippen LogP contribution < -0.4 is 0 Å². The molecule has 0 aliphatic carbocycles. The average Bonchev–Trinajstić information content (AvgIpc) is 3.43. The van der Waals surface area contributed by atoms with Crippen LogP contribution in [0.25, 0.3) is 75.2 Å². The lowest BCUT2D eigenvalue weighted by Crippen LogP contribution is -1.90. The Morgan fingerprint density at radius 3 is 2.02 bits per heavy atom. The Morgan fingerprint density at radius 1 is 0.571 bits per heavy atom. The highest BCUT2D eigenvalue weighted by Crippen LogP contribution is 2.45. The predicted molar refractivity (Wildman–Crippen MR) is 186 cm³/mol. The van der Waals surface area contributed by atoms with Crippen molar-refractivity contribution in [2.75, 3.05) is 0 Å². The summed E-state index contributed by atoms with van der Waals surface area (Å²) in [5, 5.41) is 6.34. The molecule has 200 valence electrons. The van der Waals surface area contributed by atoms with Gasteiger partial charge in [-0.2, -0.15) is 12.6 Å². The van der Waals surface area contributed by atoms with Crippen LogP contribution in [0.15, 0.2) is 134 Å².